The van der Waals surface area contributed by atoms with Gasteiger partial charge in [-0.1, -0.05) is 26.0 Å². The van der Waals surface area contributed by atoms with Crippen LogP contribution >= 0.6 is 0 Å². The summed E-state index contributed by atoms with van der Waals surface area (Å²) >= 11 is 0. The molecule has 0 saturated carbocycles. The van der Waals surface area contributed by atoms with Crippen LogP contribution < -0.4 is 4.90 Å². The van der Waals surface area contributed by atoms with E-state index < -0.39 is 0 Å². The number of carbonyl (C=O) groups is 2. The van der Waals surface area contributed by atoms with Gasteiger partial charge in [0, 0.05) is 31.7 Å². The summed E-state index contributed by atoms with van der Waals surface area (Å²) in [5, 5.41) is 0. The molecule has 1 aromatic carbocycles. The molecule has 2 heterocycles. The topological polar surface area (TPSA) is 49.9 Å². The number of carbonyl (C=O) groups excluding carboxylic acids is 2. The summed E-state index contributed by atoms with van der Waals surface area (Å²) in [7, 11) is 0. The molecular formula is C19H26N2O3. The Labute approximate surface area is 143 Å². The van der Waals surface area contributed by atoms with E-state index in [-0.39, 0.29) is 23.8 Å². The number of morpholine rings is 1. The lowest BCUT2D eigenvalue weighted by Crippen LogP contribution is -2.47. The van der Waals surface area contributed by atoms with Crippen molar-refractivity contribution in [1.29, 1.82) is 0 Å². The van der Waals surface area contributed by atoms with Crippen molar-refractivity contribution in [2.75, 3.05) is 31.1 Å². The molecular weight excluding hydrogens is 304 g/mol. The zero-order valence-electron chi connectivity index (χ0n) is 14.7. The van der Waals surface area contributed by atoms with Crippen LogP contribution in [-0.2, 0) is 14.3 Å². The Morgan fingerprint density at radius 3 is 2.79 bits per heavy atom. The zero-order valence-corrected chi connectivity index (χ0v) is 14.7. The van der Waals surface area contributed by atoms with Gasteiger partial charge in [0.15, 0.2) is 0 Å². The van der Waals surface area contributed by atoms with Crippen LogP contribution in [0.4, 0.5) is 5.69 Å². The fraction of sp³-hybridized carbons (Fsp3) is 0.579. The molecule has 1 aromatic rings. The maximum Gasteiger partial charge on any atom is 0.228 e. The summed E-state index contributed by atoms with van der Waals surface area (Å²) in [6.07, 6.45) is 0.370. The predicted octanol–water partition coefficient (Wildman–Crippen LogP) is 2.41. The van der Waals surface area contributed by atoms with E-state index in [0.29, 0.717) is 38.6 Å². The molecule has 0 bridgehead atoms. The van der Waals surface area contributed by atoms with Gasteiger partial charge in [-0.25, -0.2) is 0 Å². The number of hydrogen-bond acceptors (Lipinski definition) is 3. The second-order valence-electron chi connectivity index (χ2n) is 7.12. The second-order valence-corrected chi connectivity index (χ2v) is 7.12. The lowest BCUT2D eigenvalue weighted by Gasteiger charge is -2.32. The third kappa shape index (κ3) is 3.46. The quantitative estimate of drug-likeness (QED) is 0.855. The molecule has 0 radical (unpaired) electrons. The summed E-state index contributed by atoms with van der Waals surface area (Å²) in [5.41, 5.74) is 2.11. The van der Waals surface area contributed by atoms with Crippen LogP contribution in [0.25, 0.3) is 0 Å². The monoisotopic (exact) mass is 330 g/mol. The largest absolute Gasteiger partial charge is 0.375 e. The first kappa shape index (κ1) is 17.0. The van der Waals surface area contributed by atoms with Gasteiger partial charge in [-0.15, -0.1) is 0 Å². The molecule has 0 aromatic heterocycles. The minimum atomic E-state index is -0.245. The highest BCUT2D eigenvalue weighted by molar-refractivity contribution is 6.00. The molecule has 0 aliphatic carbocycles. The van der Waals surface area contributed by atoms with E-state index in [1.807, 2.05) is 24.0 Å². The molecule has 2 aliphatic rings. The number of benzene rings is 1. The van der Waals surface area contributed by atoms with Crippen molar-refractivity contribution in [3.8, 4) is 0 Å². The summed E-state index contributed by atoms with van der Waals surface area (Å²) in [6.45, 7) is 8.54. The smallest absolute Gasteiger partial charge is 0.228 e. The first-order valence-electron chi connectivity index (χ1n) is 8.76. The van der Waals surface area contributed by atoms with Crippen molar-refractivity contribution in [3.63, 3.8) is 0 Å². The molecule has 2 unspecified atom stereocenters. The number of amides is 2. The van der Waals surface area contributed by atoms with Gasteiger partial charge < -0.3 is 14.5 Å². The normalized spacial score (nSPS) is 24.8. The Hall–Kier alpha value is -1.88. The first-order chi connectivity index (χ1) is 11.5. The Morgan fingerprint density at radius 1 is 1.29 bits per heavy atom. The van der Waals surface area contributed by atoms with Crippen molar-refractivity contribution in [2.45, 2.75) is 39.2 Å². The first-order valence-corrected chi connectivity index (χ1v) is 8.76. The lowest BCUT2D eigenvalue weighted by atomic mass is 10.0. The van der Waals surface area contributed by atoms with Crippen molar-refractivity contribution in [3.05, 3.63) is 29.8 Å². The summed E-state index contributed by atoms with van der Waals surface area (Å²) in [4.78, 5) is 28.8. The molecule has 0 N–H and O–H groups in total. The highest BCUT2D eigenvalue weighted by Gasteiger charge is 2.38. The Morgan fingerprint density at radius 2 is 2.08 bits per heavy atom. The molecule has 2 atom stereocenters. The van der Waals surface area contributed by atoms with Crippen LogP contribution in [0.2, 0.25) is 0 Å². The predicted molar refractivity (Wildman–Crippen MR) is 93.0 cm³/mol. The van der Waals surface area contributed by atoms with E-state index in [9.17, 15) is 9.59 Å². The number of anilines is 1. The Bertz CT molecular complexity index is 629. The van der Waals surface area contributed by atoms with Crippen molar-refractivity contribution in [2.24, 2.45) is 5.92 Å². The van der Waals surface area contributed by atoms with Crippen LogP contribution in [0.1, 0.15) is 38.7 Å². The molecule has 2 saturated heterocycles. The standard InChI is InChI=1S/C19H26N2O3/c1-13(2)15-5-4-6-17(9-15)21-12-16(10-18(21)22)19(23)20-7-8-24-14(3)11-20/h4-6,9,13-14,16H,7-8,10-12H2,1-3H3. The van der Waals surface area contributed by atoms with Crippen LogP contribution in [0.5, 0.6) is 0 Å². The van der Waals surface area contributed by atoms with E-state index in [4.69, 9.17) is 4.74 Å². The molecule has 2 aliphatic heterocycles. The van der Waals surface area contributed by atoms with Gasteiger partial charge >= 0.3 is 0 Å². The average Bonchev–Trinajstić information content (AvgIpc) is 2.96. The highest BCUT2D eigenvalue weighted by Crippen LogP contribution is 2.29. The second kappa shape index (κ2) is 6.93. The molecule has 5 heteroatoms. The molecule has 5 nitrogen and oxygen atoms in total. The highest BCUT2D eigenvalue weighted by atomic mass is 16.5. The Kier molecular flexibility index (Phi) is 4.90. The van der Waals surface area contributed by atoms with E-state index in [1.165, 1.54) is 5.56 Å². The third-order valence-corrected chi connectivity index (χ3v) is 4.88. The lowest BCUT2D eigenvalue weighted by molar-refractivity contribution is -0.142. The van der Waals surface area contributed by atoms with Gasteiger partial charge in [0.25, 0.3) is 0 Å². The van der Waals surface area contributed by atoms with Crippen LogP contribution in [0.15, 0.2) is 24.3 Å². The van der Waals surface area contributed by atoms with Crippen molar-refractivity contribution >= 4 is 17.5 Å². The summed E-state index contributed by atoms with van der Waals surface area (Å²) in [5.74, 6) is 0.289. The van der Waals surface area contributed by atoms with E-state index in [1.54, 1.807) is 4.90 Å². The van der Waals surface area contributed by atoms with Crippen LogP contribution in [0.3, 0.4) is 0 Å². The van der Waals surface area contributed by atoms with E-state index >= 15 is 0 Å². The molecule has 24 heavy (non-hydrogen) atoms. The molecule has 2 fully saturated rings. The number of hydrogen-bond donors (Lipinski definition) is 0. The summed E-state index contributed by atoms with van der Waals surface area (Å²) < 4.78 is 5.50. The van der Waals surface area contributed by atoms with Gasteiger partial charge in [0.05, 0.1) is 18.6 Å². The van der Waals surface area contributed by atoms with E-state index in [2.05, 4.69) is 26.0 Å². The molecule has 130 valence electrons. The third-order valence-electron chi connectivity index (χ3n) is 4.88. The van der Waals surface area contributed by atoms with Gasteiger partial charge in [-0.05, 0) is 30.5 Å². The van der Waals surface area contributed by atoms with Gasteiger partial charge in [-0.2, -0.15) is 0 Å². The number of nitrogens with zero attached hydrogens (tertiary/aromatic N) is 2. The maximum absolute atomic E-state index is 12.7. The van der Waals surface area contributed by atoms with Crippen LogP contribution in [0, 0.1) is 5.92 Å². The van der Waals surface area contributed by atoms with Crippen molar-refractivity contribution in [1.82, 2.24) is 4.90 Å². The summed E-state index contributed by atoms with van der Waals surface area (Å²) in [6, 6.07) is 8.07. The maximum atomic E-state index is 12.7. The van der Waals surface area contributed by atoms with Gasteiger partial charge in [0.1, 0.15) is 0 Å². The Balaban J connectivity index is 1.71. The van der Waals surface area contributed by atoms with Crippen molar-refractivity contribution < 1.29 is 14.3 Å². The van der Waals surface area contributed by atoms with E-state index in [0.717, 1.165) is 5.69 Å². The fourth-order valence-corrected chi connectivity index (χ4v) is 3.45. The zero-order chi connectivity index (χ0) is 17.3. The minimum Gasteiger partial charge on any atom is -0.375 e. The SMILES string of the molecule is CC1CN(C(=O)C2CC(=O)N(c3cccc(C(C)C)c3)C2)CCO1. The number of ether oxygens (including phenoxy) is 1. The minimum absolute atomic E-state index is 0.0376. The molecule has 3 rings (SSSR count). The van der Waals surface area contributed by atoms with Gasteiger partial charge in [0.2, 0.25) is 11.8 Å². The molecule has 0 spiro atoms. The number of rotatable bonds is 3. The molecule has 2 amide bonds. The van der Waals surface area contributed by atoms with Gasteiger partial charge in [-0.3, -0.25) is 9.59 Å². The van der Waals surface area contributed by atoms with Crippen LogP contribution in [-0.4, -0.2) is 49.1 Å². The fourth-order valence-electron chi connectivity index (χ4n) is 3.45. The average molecular weight is 330 g/mol.